The molecule has 0 fully saturated rings. The summed E-state index contributed by atoms with van der Waals surface area (Å²) in [5, 5.41) is 2.85. The summed E-state index contributed by atoms with van der Waals surface area (Å²) in [7, 11) is 0. The van der Waals surface area contributed by atoms with Gasteiger partial charge in [-0.25, -0.2) is 0 Å². The third kappa shape index (κ3) is 3.27. The maximum Gasteiger partial charge on any atom is 0.287 e. The first-order chi connectivity index (χ1) is 11.6. The summed E-state index contributed by atoms with van der Waals surface area (Å²) in [6.45, 7) is 4.19. The van der Waals surface area contributed by atoms with Crippen LogP contribution in [-0.4, -0.2) is 24.5 Å². The van der Waals surface area contributed by atoms with Gasteiger partial charge in [-0.15, -0.1) is 0 Å². The summed E-state index contributed by atoms with van der Waals surface area (Å²) in [4.78, 5) is 25.8. The lowest BCUT2D eigenvalue weighted by atomic mass is 10.2. The Morgan fingerprint density at radius 2 is 2.08 bits per heavy atom. The molecule has 0 saturated heterocycles. The molecule has 0 unspecified atom stereocenters. The molecule has 0 radical (unpaired) electrons. The van der Waals surface area contributed by atoms with Crippen LogP contribution in [-0.2, 0) is 11.3 Å². The van der Waals surface area contributed by atoms with Gasteiger partial charge >= 0.3 is 0 Å². The third-order valence-electron chi connectivity index (χ3n) is 4.00. The number of nitrogens with one attached hydrogen (secondary N) is 1. The summed E-state index contributed by atoms with van der Waals surface area (Å²) in [5.41, 5.74) is 0.704. The van der Waals surface area contributed by atoms with Crippen LogP contribution in [0.2, 0.25) is 0 Å². The van der Waals surface area contributed by atoms with Crippen LogP contribution in [0.4, 0.5) is 5.69 Å². The Bertz CT molecular complexity index is 753. The minimum absolute atomic E-state index is 0.000913. The van der Waals surface area contributed by atoms with Crippen molar-refractivity contribution in [1.29, 1.82) is 0 Å². The first kappa shape index (κ1) is 16.1. The van der Waals surface area contributed by atoms with Crippen molar-refractivity contribution < 1.29 is 18.7 Å². The molecule has 1 atom stereocenters. The summed E-state index contributed by atoms with van der Waals surface area (Å²) in [6.07, 6.45) is 0.846. The fourth-order valence-corrected chi connectivity index (χ4v) is 2.47. The van der Waals surface area contributed by atoms with Crippen LogP contribution in [0.5, 0.6) is 5.75 Å². The molecule has 1 N–H and O–H groups in total. The molecule has 1 aliphatic rings. The van der Waals surface area contributed by atoms with Gasteiger partial charge in [0.05, 0.1) is 12.2 Å². The number of hydrogen-bond acceptors (Lipinski definition) is 4. The van der Waals surface area contributed by atoms with Gasteiger partial charge in [-0.3, -0.25) is 14.5 Å². The molecule has 0 aliphatic carbocycles. The largest absolute Gasteiger partial charge is 0.482 e. The van der Waals surface area contributed by atoms with Crippen molar-refractivity contribution in [2.75, 3.05) is 11.5 Å². The highest BCUT2D eigenvalue weighted by Gasteiger charge is 2.26. The molecule has 6 nitrogen and oxygen atoms in total. The molecule has 0 bridgehead atoms. The summed E-state index contributed by atoms with van der Waals surface area (Å²) in [6, 6.07) is 10.8. The predicted molar refractivity (Wildman–Crippen MR) is 89.1 cm³/mol. The average molecular weight is 328 g/mol. The standard InChI is InChI=1S/C18H20N2O4/c1-3-12(2)19-18(22)16-9-8-13(24-16)10-20-14-6-4-5-7-15(14)23-11-17(20)21/h4-9,12H,3,10-11H2,1-2H3,(H,19,22)/t12-/m1/s1. The van der Waals surface area contributed by atoms with Crippen LogP contribution in [0.25, 0.3) is 0 Å². The van der Waals surface area contributed by atoms with Crippen molar-refractivity contribution in [3.8, 4) is 5.75 Å². The zero-order valence-electron chi connectivity index (χ0n) is 13.7. The Labute approximate surface area is 140 Å². The second kappa shape index (κ2) is 6.78. The Morgan fingerprint density at radius 3 is 2.88 bits per heavy atom. The van der Waals surface area contributed by atoms with Crippen molar-refractivity contribution >= 4 is 17.5 Å². The normalized spacial score (nSPS) is 14.8. The minimum Gasteiger partial charge on any atom is -0.482 e. The average Bonchev–Trinajstić information content (AvgIpc) is 3.06. The number of hydrogen-bond donors (Lipinski definition) is 1. The molecule has 1 aliphatic heterocycles. The van der Waals surface area contributed by atoms with Crippen LogP contribution in [0, 0.1) is 0 Å². The predicted octanol–water partition coefficient (Wildman–Crippen LogP) is 2.73. The maximum atomic E-state index is 12.2. The Morgan fingerprint density at radius 1 is 1.29 bits per heavy atom. The number of amides is 2. The van der Waals surface area contributed by atoms with Gasteiger partial charge in [0.15, 0.2) is 12.4 Å². The van der Waals surface area contributed by atoms with E-state index in [1.807, 2.05) is 38.1 Å². The molecule has 0 spiro atoms. The first-order valence-electron chi connectivity index (χ1n) is 8.00. The van der Waals surface area contributed by atoms with Crippen LogP contribution in [0.15, 0.2) is 40.8 Å². The van der Waals surface area contributed by atoms with E-state index in [-0.39, 0.29) is 36.8 Å². The van der Waals surface area contributed by atoms with Crippen LogP contribution in [0.1, 0.15) is 36.6 Å². The van der Waals surface area contributed by atoms with Gasteiger partial charge in [-0.05, 0) is 37.6 Å². The number of carbonyl (C=O) groups excluding carboxylic acids is 2. The molecule has 6 heteroatoms. The van der Waals surface area contributed by atoms with Crippen molar-refractivity contribution in [2.45, 2.75) is 32.9 Å². The molecule has 24 heavy (non-hydrogen) atoms. The topological polar surface area (TPSA) is 71.8 Å². The number of rotatable bonds is 5. The zero-order valence-corrected chi connectivity index (χ0v) is 13.7. The van der Waals surface area contributed by atoms with Gasteiger partial charge in [0.1, 0.15) is 11.5 Å². The monoisotopic (exact) mass is 328 g/mol. The number of nitrogens with zero attached hydrogens (tertiary/aromatic N) is 1. The zero-order chi connectivity index (χ0) is 17.1. The van der Waals surface area contributed by atoms with Gasteiger partial charge in [0.25, 0.3) is 11.8 Å². The highest BCUT2D eigenvalue weighted by molar-refractivity contribution is 5.97. The number of fused-ring (bicyclic) bond motifs is 1. The van der Waals surface area contributed by atoms with E-state index in [2.05, 4.69) is 5.32 Å². The number of ether oxygens (including phenoxy) is 1. The van der Waals surface area contributed by atoms with Crippen molar-refractivity contribution in [3.05, 3.63) is 47.9 Å². The lowest BCUT2D eigenvalue weighted by molar-refractivity contribution is -0.121. The van der Waals surface area contributed by atoms with Crippen LogP contribution < -0.4 is 15.0 Å². The van der Waals surface area contributed by atoms with Crippen molar-refractivity contribution in [2.24, 2.45) is 0 Å². The number of carbonyl (C=O) groups is 2. The molecule has 2 amide bonds. The van der Waals surface area contributed by atoms with E-state index in [0.29, 0.717) is 17.2 Å². The second-order valence-corrected chi connectivity index (χ2v) is 5.79. The molecular formula is C18H20N2O4. The number of para-hydroxylation sites is 2. The van der Waals surface area contributed by atoms with E-state index in [0.717, 1.165) is 6.42 Å². The van der Waals surface area contributed by atoms with Crippen LogP contribution in [0.3, 0.4) is 0 Å². The van der Waals surface area contributed by atoms with Gasteiger partial charge in [0, 0.05) is 6.04 Å². The Balaban J connectivity index is 1.75. The highest BCUT2D eigenvalue weighted by atomic mass is 16.5. The number of furan rings is 1. The van der Waals surface area contributed by atoms with Crippen LogP contribution >= 0.6 is 0 Å². The van der Waals surface area contributed by atoms with Gasteiger partial charge in [-0.2, -0.15) is 0 Å². The maximum absolute atomic E-state index is 12.2. The summed E-state index contributed by atoms with van der Waals surface area (Å²) >= 11 is 0. The molecule has 126 valence electrons. The quantitative estimate of drug-likeness (QED) is 0.916. The van der Waals surface area contributed by atoms with E-state index in [1.54, 1.807) is 17.0 Å². The van der Waals surface area contributed by atoms with Gasteiger partial charge in [0.2, 0.25) is 0 Å². The molecular weight excluding hydrogens is 308 g/mol. The number of anilines is 1. The van der Waals surface area contributed by atoms with E-state index < -0.39 is 0 Å². The summed E-state index contributed by atoms with van der Waals surface area (Å²) in [5.74, 6) is 1.08. The molecule has 1 aromatic carbocycles. The molecule has 1 aromatic heterocycles. The van der Waals surface area contributed by atoms with E-state index in [4.69, 9.17) is 9.15 Å². The Kier molecular flexibility index (Phi) is 4.55. The molecule has 0 saturated carbocycles. The minimum atomic E-state index is -0.246. The molecule has 3 rings (SSSR count). The first-order valence-corrected chi connectivity index (χ1v) is 8.00. The third-order valence-corrected chi connectivity index (χ3v) is 4.00. The summed E-state index contributed by atoms with van der Waals surface area (Å²) < 4.78 is 11.0. The van der Waals surface area contributed by atoms with E-state index >= 15 is 0 Å². The second-order valence-electron chi connectivity index (χ2n) is 5.79. The van der Waals surface area contributed by atoms with Gasteiger partial charge < -0.3 is 14.5 Å². The fraction of sp³-hybridized carbons (Fsp3) is 0.333. The lowest BCUT2D eigenvalue weighted by Gasteiger charge is -2.28. The fourth-order valence-electron chi connectivity index (χ4n) is 2.47. The smallest absolute Gasteiger partial charge is 0.287 e. The van der Waals surface area contributed by atoms with E-state index in [9.17, 15) is 9.59 Å². The molecule has 2 heterocycles. The van der Waals surface area contributed by atoms with Crippen molar-refractivity contribution in [1.82, 2.24) is 5.32 Å². The lowest BCUT2D eigenvalue weighted by Crippen LogP contribution is -2.38. The van der Waals surface area contributed by atoms with E-state index in [1.165, 1.54) is 0 Å². The SMILES string of the molecule is CC[C@@H](C)NC(=O)c1ccc(CN2C(=O)COc3ccccc32)o1. The number of benzene rings is 1. The van der Waals surface area contributed by atoms with Crippen molar-refractivity contribution in [3.63, 3.8) is 0 Å². The molecule has 2 aromatic rings. The van der Waals surface area contributed by atoms with Gasteiger partial charge in [-0.1, -0.05) is 19.1 Å². The Hall–Kier alpha value is -2.76. The highest BCUT2D eigenvalue weighted by Crippen LogP contribution is 2.32.